The van der Waals surface area contributed by atoms with Crippen LogP contribution < -0.4 is 5.84 Å². The summed E-state index contributed by atoms with van der Waals surface area (Å²) in [4.78, 5) is 24.1. The lowest BCUT2D eigenvalue weighted by molar-refractivity contribution is -0.168. The first kappa shape index (κ1) is 16.1. The molecular formula is C14H20N2O4. The quantitative estimate of drug-likeness (QED) is 0.259. The van der Waals surface area contributed by atoms with Gasteiger partial charge in [0.05, 0.1) is 6.61 Å². The summed E-state index contributed by atoms with van der Waals surface area (Å²) in [5, 5.41) is 10.3. The summed E-state index contributed by atoms with van der Waals surface area (Å²) in [5.41, 5.74) is -0.881. The van der Waals surface area contributed by atoms with Crippen LogP contribution in [0.5, 0.6) is 0 Å². The summed E-state index contributed by atoms with van der Waals surface area (Å²) < 4.78 is 5.10. The first-order chi connectivity index (χ1) is 9.45. The van der Waals surface area contributed by atoms with Crippen LogP contribution in [0.4, 0.5) is 0 Å². The number of ether oxygens (including phenoxy) is 1. The molecule has 0 aliphatic carbocycles. The Morgan fingerprint density at radius 1 is 1.35 bits per heavy atom. The van der Waals surface area contributed by atoms with Crippen LogP contribution in [0.2, 0.25) is 0 Å². The molecule has 6 heteroatoms. The van der Waals surface area contributed by atoms with Crippen LogP contribution in [-0.2, 0) is 20.9 Å². The summed E-state index contributed by atoms with van der Waals surface area (Å²) >= 11 is 0. The van der Waals surface area contributed by atoms with E-state index in [1.54, 1.807) is 19.1 Å². The number of benzene rings is 1. The average molecular weight is 280 g/mol. The van der Waals surface area contributed by atoms with Gasteiger partial charge in [-0.15, -0.1) is 0 Å². The number of hydrogen-bond acceptors (Lipinski definition) is 5. The lowest BCUT2D eigenvalue weighted by Crippen LogP contribution is -2.52. The minimum Gasteiger partial charge on any atom is -0.460 e. The van der Waals surface area contributed by atoms with Crippen molar-refractivity contribution < 1.29 is 19.4 Å². The number of rotatable bonds is 6. The Morgan fingerprint density at radius 2 is 1.95 bits per heavy atom. The Kier molecular flexibility index (Phi) is 5.66. The van der Waals surface area contributed by atoms with Gasteiger partial charge in [0.2, 0.25) is 0 Å². The van der Waals surface area contributed by atoms with Gasteiger partial charge in [0.25, 0.3) is 5.91 Å². The van der Waals surface area contributed by atoms with Crippen molar-refractivity contribution in [2.24, 2.45) is 11.3 Å². The molecule has 6 nitrogen and oxygen atoms in total. The van der Waals surface area contributed by atoms with Gasteiger partial charge in [0, 0.05) is 6.54 Å². The second-order valence-corrected chi connectivity index (χ2v) is 4.64. The molecule has 1 atom stereocenters. The normalized spacial score (nSPS) is 13.4. The first-order valence-corrected chi connectivity index (χ1v) is 6.34. The molecule has 0 spiro atoms. The Morgan fingerprint density at radius 3 is 2.45 bits per heavy atom. The average Bonchev–Trinajstić information content (AvgIpc) is 2.51. The first-order valence-electron chi connectivity index (χ1n) is 6.34. The van der Waals surface area contributed by atoms with Crippen molar-refractivity contribution >= 4 is 11.9 Å². The van der Waals surface area contributed by atoms with Gasteiger partial charge >= 0.3 is 5.97 Å². The number of amides is 1. The molecule has 0 bridgehead atoms. The van der Waals surface area contributed by atoms with E-state index >= 15 is 0 Å². The Bertz CT molecular complexity index is 464. The maximum atomic E-state index is 12.0. The number of nitrogens with zero attached hydrogens (tertiary/aromatic N) is 1. The van der Waals surface area contributed by atoms with Gasteiger partial charge in [0.1, 0.15) is 6.61 Å². The summed E-state index contributed by atoms with van der Waals surface area (Å²) in [6, 6.07) is 9.08. The monoisotopic (exact) mass is 280 g/mol. The van der Waals surface area contributed by atoms with Crippen molar-refractivity contribution in [2.45, 2.75) is 20.5 Å². The molecule has 0 aliphatic rings. The highest BCUT2D eigenvalue weighted by Gasteiger charge is 2.44. The van der Waals surface area contributed by atoms with Crippen molar-refractivity contribution in [2.75, 3.05) is 13.2 Å². The maximum Gasteiger partial charge on any atom is 0.324 e. The second-order valence-electron chi connectivity index (χ2n) is 4.64. The minimum absolute atomic E-state index is 0.0409. The molecule has 0 heterocycles. The third-order valence-electron chi connectivity index (χ3n) is 3.05. The Labute approximate surface area is 118 Å². The predicted molar refractivity (Wildman–Crippen MR) is 73.0 cm³/mol. The molecule has 0 fully saturated rings. The summed E-state index contributed by atoms with van der Waals surface area (Å²) in [7, 11) is 0. The number of aliphatic hydroxyl groups is 1. The van der Waals surface area contributed by atoms with Crippen molar-refractivity contribution in [1.82, 2.24) is 5.01 Å². The zero-order valence-electron chi connectivity index (χ0n) is 11.7. The largest absolute Gasteiger partial charge is 0.460 e. The van der Waals surface area contributed by atoms with Gasteiger partial charge in [-0.05, 0) is 19.4 Å². The number of carbonyl (C=O) groups is 2. The van der Waals surface area contributed by atoms with Crippen LogP contribution in [0, 0.1) is 5.41 Å². The van der Waals surface area contributed by atoms with Gasteiger partial charge in [-0.25, -0.2) is 5.84 Å². The van der Waals surface area contributed by atoms with Crippen LogP contribution in [0.3, 0.4) is 0 Å². The van der Waals surface area contributed by atoms with Gasteiger partial charge in [0.15, 0.2) is 5.41 Å². The van der Waals surface area contributed by atoms with Gasteiger partial charge < -0.3 is 9.84 Å². The molecule has 0 aliphatic heterocycles. The highest BCUT2D eigenvalue weighted by atomic mass is 16.5. The highest BCUT2D eigenvalue weighted by Crippen LogP contribution is 2.21. The third-order valence-corrected chi connectivity index (χ3v) is 3.05. The van der Waals surface area contributed by atoms with Crippen LogP contribution in [0.25, 0.3) is 0 Å². The van der Waals surface area contributed by atoms with Crippen LogP contribution in [0.15, 0.2) is 30.3 Å². The van der Waals surface area contributed by atoms with Crippen molar-refractivity contribution in [3.05, 3.63) is 35.9 Å². The van der Waals surface area contributed by atoms with E-state index in [4.69, 9.17) is 10.6 Å². The van der Waals surface area contributed by atoms with E-state index in [0.717, 1.165) is 10.6 Å². The zero-order chi connectivity index (χ0) is 15.2. The SMILES string of the molecule is CCN(N)C(=O)C(C)(CO)C(=O)OCc1ccccc1. The van der Waals surface area contributed by atoms with E-state index < -0.39 is 23.9 Å². The fourth-order valence-corrected chi connectivity index (χ4v) is 1.56. The van der Waals surface area contributed by atoms with Crippen LogP contribution in [-0.4, -0.2) is 35.1 Å². The molecule has 0 aromatic heterocycles. The molecule has 20 heavy (non-hydrogen) atoms. The van der Waals surface area contributed by atoms with E-state index in [2.05, 4.69) is 0 Å². The fourth-order valence-electron chi connectivity index (χ4n) is 1.56. The van der Waals surface area contributed by atoms with Gasteiger partial charge in [-0.3, -0.25) is 14.6 Å². The molecule has 1 aromatic carbocycles. The molecule has 1 amide bonds. The molecule has 1 rings (SSSR count). The number of nitrogens with two attached hydrogens (primary N) is 1. The molecule has 1 unspecified atom stereocenters. The topological polar surface area (TPSA) is 92.9 Å². The summed E-state index contributed by atoms with van der Waals surface area (Å²) in [6.45, 7) is 2.61. The zero-order valence-corrected chi connectivity index (χ0v) is 11.7. The predicted octanol–water partition coefficient (Wildman–Crippen LogP) is 0.451. The lowest BCUT2D eigenvalue weighted by atomic mass is 9.90. The van der Waals surface area contributed by atoms with Gasteiger partial charge in [-0.2, -0.15) is 0 Å². The molecule has 110 valence electrons. The van der Waals surface area contributed by atoms with E-state index in [-0.39, 0.29) is 13.2 Å². The smallest absolute Gasteiger partial charge is 0.324 e. The van der Waals surface area contributed by atoms with Crippen molar-refractivity contribution in [3.63, 3.8) is 0 Å². The summed E-state index contributed by atoms with van der Waals surface area (Å²) in [6.07, 6.45) is 0. The van der Waals surface area contributed by atoms with Crippen molar-refractivity contribution in [3.8, 4) is 0 Å². The highest BCUT2D eigenvalue weighted by molar-refractivity contribution is 6.02. The van der Waals surface area contributed by atoms with E-state index in [1.807, 2.05) is 18.2 Å². The maximum absolute atomic E-state index is 12.0. The van der Waals surface area contributed by atoms with Crippen LogP contribution >= 0.6 is 0 Å². The van der Waals surface area contributed by atoms with Crippen LogP contribution in [0.1, 0.15) is 19.4 Å². The molecule has 0 saturated carbocycles. The number of hydrogen-bond donors (Lipinski definition) is 2. The number of hydrazine groups is 1. The molecule has 0 radical (unpaired) electrons. The second kappa shape index (κ2) is 7.02. The van der Waals surface area contributed by atoms with E-state index in [1.165, 1.54) is 6.92 Å². The summed E-state index contributed by atoms with van der Waals surface area (Å²) in [5.74, 6) is 4.03. The third kappa shape index (κ3) is 3.55. The van der Waals surface area contributed by atoms with Crippen molar-refractivity contribution in [1.29, 1.82) is 0 Å². The molecule has 1 aromatic rings. The Hall–Kier alpha value is -1.92. The number of aliphatic hydroxyl groups excluding tert-OH is 1. The minimum atomic E-state index is -1.68. The molecule has 0 saturated heterocycles. The number of esters is 1. The Balaban J connectivity index is 2.74. The number of carbonyl (C=O) groups excluding carboxylic acids is 2. The fraction of sp³-hybridized carbons (Fsp3) is 0.429. The molecular weight excluding hydrogens is 260 g/mol. The van der Waals surface area contributed by atoms with Gasteiger partial charge in [-0.1, -0.05) is 30.3 Å². The molecule has 3 N–H and O–H groups in total. The van der Waals surface area contributed by atoms with E-state index in [9.17, 15) is 14.7 Å². The lowest BCUT2D eigenvalue weighted by Gasteiger charge is -2.28. The standard InChI is InChI=1S/C14H20N2O4/c1-3-16(15)12(18)14(2,10-17)13(19)20-9-11-7-5-4-6-8-11/h4-8,17H,3,9-10,15H2,1-2H3. The van der Waals surface area contributed by atoms with E-state index in [0.29, 0.717) is 0 Å².